The molecule has 0 radical (unpaired) electrons. The lowest BCUT2D eigenvalue weighted by Crippen LogP contribution is -2.32. The van der Waals surface area contributed by atoms with Crippen molar-refractivity contribution in [3.63, 3.8) is 0 Å². The van der Waals surface area contributed by atoms with E-state index in [0.717, 1.165) is 69.8 Å². The van der Waals surface area contributed by atoms with Crippen LogP contribution in [0.2, 0.25) is 0 Å². The molecule has 0 N–H and O–H groups in total. The number of rotatable bonds is 6. The average Bonchev–Trinajstić information content (AvgIpc) is 3.49. The van der Waals surface area contributed by atoms with Gasteiger partial charge in [-0.1, -0.05) is 72.8 Å². The van der Waals surface area contributed by atoms with Gasteiger partial charge in [-0.2, -0.15) is 5.10 Å². The number of hydrogen-bond donors (Lipinski definition) is 0. The van der Waals surface area contributed by atoms with Crippen LogP contribution >= 0.6 is 0 Å². The van der Waals surface area contributed by atoms with Gasteiger partial charge in [0.05, 0.1) is 42.7 Å². The van der Waals surface area contributed by atoms with E-state index in [1.165, 1.54) is 5.57 Å². The molecule has 2 atom stereocenters. The Morgan fingerprint density at radius 3 is 2.25 bits per heavy atom. The van der Waals surface area contributed by atoms with E-state index in [-0.39, 0.29) is 17.9 Å². The largest absolute Gasteiger partial charge is 0.497 e. The Balaban J connectivity index is 1.36. The summed E-state index contributed by atoms with van der Waals surface area (Å²) >= 11 is 0. The van der Waals surface area contributed by atoms with Crippen LogP contribution in [0.3, 0.4) is 0 Å². The Morgan fingerprint density at radius 2 is 1.52 bits per heavy atom. The van der Waals surface area contributed by atoms with Crippen LogP contribution in [0.25, 0.3) is 28.2 Å². The van der Waals surface area contributed by atoms with Crippen molar-refractivity contribution in [3.8, 4) is 22.8 Å². The number of allylic oxidation sites excluding steroid dienone is 1. The topological polar surface area (TPSA) is 64.0 Å². The van der Waals surface area contributed by atoms with Crippen LogP contribution in [-0.2, 0) is 0 Å². The van der Waals surface area contributed by atoms with E-state index in [0.29, 0.717) is 5.56 Å². The average molecular weight is 580 g/mol. The van der Waals surface area contributed by atoms with E-state index in [9.17, 15) is 4.79 Å². The summed E-state index contributed by atoms with van der Waals surface area (Å²) in [6.45, 7) is 0. The molecule has 6 heteroatoms. The van der Waals surface area contributed by atoms with Crippen molar-refractivity contribution in [1.82, 2.24) is 9.99 Å². The van der Waals surface area contributed by atoms with Crippen molar-refractivity contribution < 1.29 is 14.3 Å². The van der Waals surface area contributed by atoms with E-state index in [1.807, 2.05) is 84.9 Å². The van der Waals surface area contributed by atoms with Gasteiger partial charge in [-0.15, -0.1) is 0 Å². The number of amides is 1. The molecule has 5 aromatic rings. The number of carbonyl (C=O) groups is 1. The molecule has 1 saturated carbocycles. The molecule has 2 heterocycles. The first-order valence-corrected chi connectivity index (χ1v) is 15.0. The van der Waals surface area contributed by atoms with Gasteiger partial charge in [0.15, 0.2) is 0 Å². The number of hydrazone groups is 1. The summed E-state index contributed by atoms with van der Waals surface area (Å²) in [6.07, 6.45) is 5.09. The summed E-state index contributed by atoms with van der Waals surface area (Å²) in [4.78, 5) is 19.7. The summed E-state index contributed by atoms with van der Waals surface area (Å²) in [5.74, 6) is 1.55. The number of hydrogen-bond acceptors (Lipinski definition) is 5. The number of pyridine rings is 1. The quantitative estimate of drug-likeness (QED) is 0.203. The summed E-state index contributed by atoms with van der Waals surface area (Å²) in [7, 11) is 3.34. The van der Waals surface area contributed by atoms with Crippen LogP contribution in [0.15, 0.2) is 120 Å². The fourth-order valence-electron chi connectivity index (χ4n) is 6.44. The zero-order valence-corrected chi connectivity index (χ0v) is 24.8. The standard InChI is InChI=1S/C38H33N3O3/c1-43-29-19-15-25(16-20-29)23-28-11-8-13-32-36(28)40-41(37(32)27-17-21-30(44-2)22-18-27)38(42)33-24-35(26-9-4-3-5-10-26)39-34-14-7-6-12-31(33)34/h3-7,9-10,12,14-24,32,37H,8,11,13H2,1-2H3/b28-23+. The van der Waals surface area contributed by atoms with Gasteiger partial charge in [-0.25, -0.2) is 9.99 Å². The molecule has 1 amide bonds. The number of carbonyl (C=O) groups excluding carboxylic acids is 1. The van der Waals surface area contributed by atoms with Crippen molar-refractivity contribution in [2.75, 3.05) is 14.2 Å². The number of methoxy groups -OCH3 is 2. The number of fused-ring (bicyclic) bond motifs is 2. The van der Waals surface area contributed by atoms with Gasteiger partial charge in [0.1, 0.15) is 11.5 Å². The summed E-state index contributed by atoms with van der Waals surface area (Å²) in [6, 6.07) is 35.6. The second kappa shape index (κ2) is 11.8. The van der Waals surface area contributed by atoms with Gasteiger partial charge >= 0.3 is 0 Å². The molecule has 0 spiro atoms. The second-order valence-electron chi connectivity index (χ2n) is 11.2. The molecule has 1 aliphatic heterocycles. The first kappa shape index (κ1) is 27.6. The number of aromatic nitrogens is 1. The maximum Gasteiger partial charge on any atom is 0.275 e. The highest BCUT2D eigenvalue weighted by Crippen LogP contribution is 2.45. The number of ether oxygens (including phenoxy) is 2. The molecular formula is C38H33N3O3. The lowest BCUT2D eigenvalue weighted by molar-refractivity contribution is 0.0683. The molecule has 0 saturated heterocycles. The van der Waals surface area contributed by atoms with E-state index in [4.69, 9.17) is 19.6 Å². The van der Waals surface area contributed by atoms with Gasteiger partial charge < -0.3 is 9.47 Å². The molecule has 1 aliphatic carbocycles. The fourth-order valence-corrected chi connectivity index (χ4v) is 6.44. The Labute approximate surface area is 257 Å². The van der Waals surface area contributed by atoms with Gasteiger partial charge in [-0.05, 0) is 78.4 Å². The number of benzene rings is 4. The van der Waals surface area contributed by atoms with Crippen molar-refractivity contribution in [3.05, 3.63) is 131 Å². The molecule has 6 nitrogen and oxygen atoms in total. The van der Waals surface area contributed by atoms with E-state index in [2.05, 4.69) is 30.3 Å². The van der Waals surface area contributed by atoms with Crippen molar-refractivity contribution in [1.29, 1.82) is 0 Å². The van der Waals surface area contributed by atoms with Gasteiger partial charge in [0.25, 0.3) is 5.91 Å². The summed E-state index contributed by atoms with van der Waals surface area (Å²) in [5, 5.41) is 7.71. The molecule has 7 rings (SSSR count). The molecular weight excluding hydrogens is 546 g/mol. The number of para-hydroxylation sites is 1. The van der Waals surface area contributed by atoms with E-state index < -0.39 is 0 Å². The summed E-state index contributed by atoms with van der Waals surface area (Å²) < 4.78 is 10.8. The van der Waals surface area contributed by atoms with Crippen molar-refractivity contribution in [2.24, 2.45) is 11.0 Å². The zero-order chi connectivity index (χ0) is 30.0. The van der Waals surface area contributed by atoms with Gasteiger partial charge in [0, 0.05) is 16.9 Å². The SMILES string of the molecule is COc1ccc(/C=C2\CCCC3C2=NN(C(=O)c2cc(-c4ccccc4)nc4ccccc24)C3c2ccc(OC)cc2)cc1. The minimum absolute atomic E-state index is 0.0762. The lowest BCUT2D eigenvalue weighted by atomic mass is 9.77. The monoisotopic (exact) mass is 579 g/mol. The minimum atomic E-state index is -0.241. The Morgan fingerprint density at radius 1 is 0.841 bits per heavy atom. The van der Waals surface area contributed by atoms with Crippen LogP contribution in [0, 0.1) is 5.92 Å². The van der Waals surface area contributed by atoms with Gasteiger partial charge in [-0.3, -0.25) is 4.79 Å². The molecule has 44 heavy (non-hydrogen) atoms. The highest BCUT2D eigenvalue weighted by Gasteiger charge is 2.44. The third-order valence-corrected chi connectivity index (χ3v) is 8.64. The normalized spacial score (nSPS) is 18.6. The fraction of sp³-hybridized carbons (Fsp3) is 0.184. The third-order valence-electron chi connectivity index (χ3n) is 8.64. The highest BCUT2D eigenvalue weighted by molar-refractivity contribution is 6.12. The summed E-state index contributed by atoms with van der Waals surface area (Å²) in [5.41, 5.74) is 7.38. The van der Waals surface area contributed by atoms with Crippen LogP contribution < -0.4 is 9.47 Å². The van der Waals surface area contributed by atoms with E-state index >= 15 is 0 Å². The van der Waals surface area contributed by atoms with Crippen molar-refractivity contribution >= 4 is 28.6 Å². The maximum absolute atomic E-state index is 14.8. The highest BCUT2D eigenvalue weighted by atomic mass is 16.5. The first-order chi connectivity index (χ1) is 21.6. The molecule has 0 bridgehead atoms. The molecule has 4 aromatic carbocycles. The van der Waals surface area contributed by atoms with Crippen molar-refractivity contribution in [2.45, 2.75) is 25.3 Å². The third kappa shape index (κ3) is 5.13. The van der Waals surface area contributed by atoms with Crippen LogP contribution in [0.5, 0.6) is 11.5 Å². The smallest absolute Gasteiger partial charge is 0.275 e. The van der Waals surface area contributed by atoms with Crippen LogP contribution in [0.1, 0.15) is 46.8 Å². The second-order valence-corrected chi connectivity index (χ2v) is 11.2. The lowest BCUT2D eigenvalue weighted by Gasteiger charge is -2.30. The Bertz CT molecular complexity index is 1880. The van der Waals surface area contributed by atoms with Gasteiger partial charge in [0.2, 0.25) is 0 Å². The molecule has 218 valence electrons. The molecule has 2 unspecified atom stereocenters. The molecule has 1 aromatic heterocycles. The zero-order valence-electron chi connectivity index (χ0n) is 24.8. The number of nitrogens with zero attached hydrogens (tertiary/aromatic N) is 3. The minimum Gasteiger partial charge on any atom is -0.497 e. The van der Waals surface area contributed by atoms with Crippen LogP contribution in [0.4, 0.5) is 0 Å². The maximum atomic E-state index is 14.8. The Kier molecular flexibility index (Phi) is 7.40. The molecule has 2 aliphatic rings. The van der Waals surface area contributed by atoms with Crippen LogP contribution in [-0.4, -0.2) is 35.8 Å². The predicted octanol–water partition coefficient (Wildman–Crippen LogP) is 8.36. The van der Waals surface area contributed by atoms with E-state index in [1.54, 1.807) is 19.2 Å². The Hall–Kier alpha value is -5.23. The molecule has 1 fully saturated rings. The first-order valence-electron chi connectivity index (χ1n) is 15.0. The predicted molar refractivity (Wildman–Crippen MR) is 175 cm³/mol.